The second-order valence-electron chi connectivity index (χ2n) is 5.02. The molecule has 0 aromatic carbocycles. The smallest absolute Gasteiger partial charge is 0.261 e. The molecule has 0 saturated carbocycles. The Balaban J connectivity index is 1.84. The van der Waals surface area contributed by atoms with Gasteiger partial charge in [-0.05, 0) is 51.9 Å². The molecule has 19 heavy (non-hydrogen) atoms. The first-order valence-electron chi connectivity index (χ1n) is 6.71. The Morgan fingerprint density at radius 1 is 1.32 bits per heavy atom. The van der Waals surface area contributed by atoms with E-state index in [0.717, 1.165) is 13.1 Å². The maximum Gasteiger partial charge on any atom is 0.261 e. The van der Waals surface area contributed by atoms with Crippen LogP contribution in [0.3, 0.4) is 0 Å². The van der Waals surface area contributed by atoms with Crippen LogP contribution in [0, 0.1) is 0 Å². The number of amides is 1. The van der Waals surface area contributed by atoms with Crippen LogP contribution in [0.5, 0.6) is 0 Å². The summed E-state index contributed by atoms with van der Waals surface area (Å²) >= 11 is 1.26. The van der Waals surface area contributed by atoms with Crippen molar-refractivity contribution in [3.8, 4) is 0 Å². The summed E-state index contributed by atoms with van der Waals surface area (Å²) in [5, 5.41) is 2.95. The van der Waals surface area contributed by atoms with Gasteiger partial charge in [0.05, 0.1) is 9.75 Å². The molecule has 1 aliphatic heterocycles. The topological polar surface area (TPSA) is 49.4 Å². The molecule has 1 aromatic heterocycles. The molecule has 1 N–H and O–H groups in total. The van der Waals surface area contributed by atoms with Crippen LogP contribution in [0.15, 0.2) is 12.1 Å². The number of nitrogens with zero attached hydrogens (tertiary/aromatic N) is 1. The van der Waals surface area contributed by atoms with Crippen LogP contribution in [0.4, 0.5) is 0 Å². The van der Waals surface area contributed by atoms with E-state index in [4.69, 9.17) is 0 Å². The van der Waals surface area contributed by atoms with E-state index in [1.807, 2.05) is 0 Å². The van der Waals surface area contributed by atoms with Crippen molar-refractivity contribution in [2.45, 2.75) is 32.7 Å². The zero-order chi connectivity index (χ0) is 13.8. The van der Waals surface area contributed by atoms with Crippen molar-refractivity contribution in [3.63, 3.8) is 0 Å². The number of Topliss-reactive ketones (excluding diaryl/α,β-unsaturated/α-hetero) is 1. The Kier molecular flexibility index (Phi) is 4.71. The summed E-state index contributed by atoms with van der Waals surface area (Å²) in [4.78, 5) is 26.8. The first-order valence-corrected chi connectivity index (χ1v) is 7.52. The van der Waals surface area contributed by atoms with Gasteiger partial charge >= 0.3 is 0 Å². The van der Waals surface area contributed by atoms with Crippen molar-refractivity contribution < 1.29 is 9.59 Å². The summed E-state index contributed by atoms with van der Waals surface area (Å²) in [6, 6.07) is 3.81. The van der Waals surface area contributed by atoms with Crippen LogP contribution in [0.2, 0.25) is 0 Å². The van der Waals surface area contributed by atoms with Gasteiger partial charge in [0.15, 0.2) is 5.78 Å². The lowest BCUT2D eigenvalue weighted by molar-refractivity contribution is 0.0944. The molecule has 1 saturated heterocycles. The maximum atomic E-state index is 12.0. The van der Waals surface area contributed by atoms with E-state index in [1.165, 1.54) is 31.1 Å². The summed E-state index contributed by atoms with van der Waals surface area (Å²) < 4.78 is 0. The first kappa shape index (κ1) is 14.2. The van der Waals surface area contributed by atoms with E-state index in [-0.39, 0.29) is 11.7 Å². The van der Waals surface area contributed by atoms with Gasteiger partial charge in [-0.3, -0.25) is 14.5 Å². The minimum Gasteiger partial charge on any atom is -0.350 e. The average molecular weight is 280 g/mol. The van der Waals surface area contributed by atoms with E-state index in [9.17, 15) is 9.59 Å². The van der Waals surface area contributed by atoms with Gasteiger partial charge in [0.25, 0.3) is 5.91 Å². The molecule has 2 heterocycles. The number of carbonyl (C=O) groups is 2. The lowest BCUT2D eigenvalue weighted by Crippen LogP contribution is -2.40. The number of rotatable bonds is 5. The van der Waals surface area contributed by atoms with Gasteiger partial charge < -0.3 is 5.32 Å². The molecule has 0 spiro atoms. The monoisotopic (exact) mass is 280 g/mol. The van der Waals surface area contributed by atoms with Crippen LogP contribution in [0.25, 0.3) is 0 Å². The highest BCUT2D eigenvalue weighted by Crippen LogP contribution is 2.17. The molecule has 1 atom stereocenters. The van der Waals surface area contributed by atoms with E-state index >= 15 is 0 Å². The van der Waals surface area contributed by atoms with Gasteiger partial charge in [0.2, 0.25) is 0 Å². The minimum atomic E-state index is -0.0800. The summed E-state index contributed by atoms with van der Waals surface area (Å²) in [7, 11) is 0. The Bertz CT molecular complexity index is 464. The number of ketones is 1. The van der Waals surface area contributed by atoms with Crippen molar-refractivity contribution in [1.82, 2.24) is 10.2 Å². The molecule has 0 aliphatic carbocycles. The molecular formula is C14H20N2O2S. The SMILES string of the molecule is CC(=O)c1ccc(C(=O)NC[C@@H](C)N2CCCC2)s1. The Morgan fingerprint density at radius 3 is 2.53 bits per heavy atom. The van der Waals surface area contributed by atoms with E-state index in [0.29, 0.717) is 22.3 Å². The summed E-state index contributed by atoms with van der Waals surface area (Å²) in [5.74, 6) is -0.0713. The molecule has 1 fully saturated rings. The molecule has 0 unspecified atom stereocenters. The zero-order valence-electron chi connectivity index (χ0n) is 11.4. The van der Waals surface area contributed by atoms with Crippen LogP contribution >= 0.6 is 11.3 Å². The number of thiophene rings is 1. The molecular weight excluding hydrogens is 260 g/mol. The quantitative estimate of drug-likeness (QED) is 0.841. The Labute approximate surface area is 117 Å². The van der Waals surface area contributed by atoms with E-state index in [1.54, 1.807) is 12.1 Å². The van der Waals surface area contributed by atoms with Gasteiger partial charge in [-0.25, -0.2) is 0 Å². The van der Waals surface area contributed by atoms with Crippen molar-refractivity contribution in [3.05, 3.63) is 21.9 Å². The third-order valence-electron chi connectivity index (χ3n) is 3.50. The number of hydrogen-bond acceptors (Lipinski definition) is 4. The maximum absolute atomic E-state index is 12.0. The van der Waals surface area contributed by atoms with Gasteiger partial charge in [0, 0.05) is 12.6 Å². The molecule has 2 rings (SSSR count). The highest BCUT2D eigenvalue weighted by atomic mass is 32.1. The molecule has 1 amide bonds. The largest absolute Gasteiger partial charge is 0.350 e. The molecule has 1 aliphatic rings. The number of carbonyl (C=O) groups excluding carboxylic acids is 2. The highest BCUT2D eigenvalue weighted by molar-refractivity contribution is 7.15. The van der Waals surface area contributed by atoms with Crippen LogP contribution < -0.4 is 5.32 Å². The van der Waals surface area contributed by atoms with Gasteiger partial charge in [-0.2, -0.15) is 0 Å². The lowest BCUT2D eigenvalue weighted by Gasteiger charge is -2.23. The third-order valence-corrected chi connectivity index (χ3v) is 4.68. The van der Waals surface area contributed by atoms with Crippen molar-refractivity contribution in [2.75, 3.05) is 19.6 Å². The summed E-state index contributed by atoms with van der Waals surface area (Å²) in [6.45, 7) is 6.57. The molecule has 5 heteroatoms. The molecule has 0 bridgehead atoms. The minimum absolute atomic E-state index is 0.00878. The number of nitrogens with one attached hydrogen (secondary N) is 1. The van der Waals surface area contributed by atoms with Crippen molar-refractivity contribution in [1.29, 1.82) is 0 Å². The van der Waals surface area contributed by atoms with E-state index < -0.39 is 0 Å². The third kappa shape index (κ3) is 3.64. The standard InChI is InChI=1S/C14H20N2O2S/c1-10(16-7-3-4-8-16)9-15-14(18)13-6-5-12(19-13)11(2)17/h5-6,10H,3-4,7-9H2,1-2H3,(H,15,18)/t10-/m1/s1. The van der Waals surface area contributed by atoms with Gasteiger partial charge in [0.1, 0.15) is 0 Å². The second kappa shape index (κ2) is 6.30. The zero-order valence-corrected chi connectivity index (χ0v) is 12.3. The molecule has 4 nitrogen and oxygen atoms in total. The first-order chi connectivity index (χ1) is 9.08. The Morgan fingerprint density at radius 2 is 1.95 bits per heavy atom. The number of hydrogen-bond donors (Lipinski definition) is 1. The van der Waals surface area contributed by atoms with E-state index in [2.05, 4.69) is 17.1 Å². The lowest BCUT2D eigenvalue weighted by atomic mass is 10.3. The van der Waals surface area contributed by atoms with Gasteiger partial charge in [-0.1, -0.05) is 0 Å². The predicted octanol–water partition coefficient (Wildman–Crippen LogP) is 2.16. The van der Waals surface area contributed by atoms with Crippen LogP contribution in [-0.2, 0) is 0 Å². The predicted molar refractivity (Wildman–Crippen MR) is 76.9 cm³/mol. The van der Waals surface area contributed by atoms with Crippen molar-refractivity contribution in [2.24, 2.45) is 0 Å². The fraction of sp³-hybridized carbons (Fsp3) is 0.571. The molecule has 1 aromatic rings. The average Bonchev–Trinajstić information content (AvgIpc) is 3.05. The Hall–Kier alpha value is -1.20. The fourth-order valence-electron chi connectivity index (χ4n) is 2.29. The highest BCUT2D eigenvalue weighted by Gasteiger charge is 2.19. The van der Waals surface area contributed by atoms with Crippen molar-refractivity contribution >= 4 is 23.0 Å². The summed E-state index contributed by atoms with van der Waals surface area (Å²) in [6.07, 6.45) is 2.51. The fourth-order valence-corrected chi connectivity index (χ4v) is 3.11. The summed E-state index contributed by atoms with van der Waals surface area (Å²) in [5.41, 5.74) is 0. The van der Waals surface area contributed by atoms with Gasteiger partial charge in [-0.15, -0.1) is 11.3 Å². The van der Waals surface area contributed by atoms with Crippen LogP contribution in [-0.4, -0.2) is 42.3 Å². The normalized spacial score (nSPS) is 17.4. The molecule has 0 radical (unpaired) electrons. The molecule has 104 valence electrons. The number of likely N-dealkylation sites (tertiary alicyclic amines) is 1. The van der Waals surface area contributed by atoms with Crippen LogP contribution in [0.1, 0.15) is 46.0 Å². The second-order valence-corrected chi connectivity index (χ2v) is 6.11.